The maximum atomic E-state index is 12.2. The Balaban J connectivity index is 2.16. The monoisotopic (exact) mass is 257 g/mol. The van der Waals surface area contributed by atoms with E-state index in [1.807, 2.05) is 36.9 Å². The summed E-state index contributed by atoms with van der Waals surface area (Å²) < 4.78 is 1.86. The number of carbonyl (C=O) groups is 1. The number of carbonyl (C=O) groups excluding carboxylic acids is 1. The van der Waals surface area contributed by atoms with Gasteiger partial charge in [-0.05, 0) is 44.9 Å². The molecule has 4 nitrogen and oxygen atoms in total. The van der Waals surface area contributed by atoms with E-state index in [2.05, 4.69) is 23.9 Å². The van der Waals surface area contributed by atoms with E-state index < -0.39 is 0 Å². The van der Waals surface area contributed by atoms with Gasteiger partial charge < -0.3 is 0 Å². The van der Waals surface area contributed by atoms with Crippen LogP contribution in [0.1, 0.15) is 47.2 Å². The molecule has 4 heteroatoms. The number of aryl methyl sites for hydroxylation is 2. The summed E-state index contributed by atoms with van der Waals surface area (Å²) >= 11 is 0. The summed E-state index contributed by atoms with van der Waals surface area (Å²) in [7, 11) is 0. The molecule has 0 aromatic carbocycles. The first-order valence-electron chi connectivity index (χ1n) is 6.48. The van der Waals surface area contributed by atoms with Crippen LogP contribution < -0.4 is 0 Å². The average Bonchev–Trinajstić information content (AvgIpc) is 2.77. The minimum atomic E-state index is 0.0199. The molecule has 0 amide bonds. The summed E-state index contributed by atoms with van der Waals surface area (Å²) in [6, 6.07) is 4.18. The van der Waals surface area contributed by atoms with Gasteiger partial charge in [0.25, 0.3) is 0 Å². The van der Waals surface area contributed by atoms with Gasteiger partial charge in [0, 0.05) is 18.4 Å². The van der Waals surface area contributed by atoms with Crippen molar-refractivity contribution in [3.8, 4) is 0 Å². The lowest BCUT2D eigenvalue weighted by Crippen LogP contribution is -2.10. The number of hydrogen-bond acceptors (Lipinski definition) is 3. The van der Waals surface area contributed by atoms with Gasteiger partial charge in [-0.25, -0.2) is 0 Å². The molecule has 0 saturated carbocycles. The lowest BCUT2D eigenvalue weighted by molar-refractivity contribution is 0.0986. The van der Waals surface area contributed by atoms with E-state index in [-0.39, 0.29) is 5.78 Å². The van der Waals surface area contributed by atoms with E-state index in [1.54, 1.807) is 6.20 Å². The molecule has 0 aliphatic heterocycles. The third-order valence-electron chi connectivity index (χ3n) is 3.01. The van der Waals surface area contributed by atoms with Crippen LogP contribution in [0.2, 0.25) is 0 Å². The number of aromatic nitrogens is 3. The van der Waals surface area contributed by atoms with E-state index in [4.69, 9.17) is 0 Å². The van der Waals surface area contributed by atoms with Crippen molar-refractivity contribution in [3.63, 3.8) is 0 Å². The van der Waals surface area contributed by atoms with Crippen LogP contribution in [0.3, 0.4) is 0 Å². The average molecular weight is 257 g/mol. The third kappa shape index (κ3) is 3.08. The predicted octanol–water partition coefficient (Wildman–Crippen LogP) is 2.90. The second-order valence-corrected chi connectivity index (χ2v) is 5.16. The van der Waals surface area contributed by atoms with E-state index in [1.165, 1.54) is 0 Å². The molecule has 0 spiro atoms. The zero-order chi connectivity index (χ0) is 14.0. The number of pyridine rings is 1. The Morgan fingerprint density at radius 2 is 2.11 bits per heavy atom. The van der Waals surface area contributed by atoms with Crippen molar-refractivity contribution in [1.29, 1.82) is 0 Å². The molecule has 0 saturated heterocycles. The van der Waals surface area contributed by atoms with Gasteiger partial charge in [-0.15, -0.1) is 0 Å². The van der Waals surface area contributed by atoms with Crippen molar-refractivity contribution in [2.45, 2.75) is 40.2 Å². The Bertz CT molecular complexity index is 599. The molecular weight excluding hydrogens is 238 g/mol. The molecule has 2 rings (SSSR count). The number of nitrogens with zero attached hydrogens (tertiary/aromatic N) is 3. The summed E-state index contributed by atoms with van der Waals surface area (Å²) in [5.74, 6) is 0.0199. The lowest BCUT2D eigenvalue weighted by Gasteiger charge is -2.05. The van der Waals surface area contributed by atoms with Crippen molar-refractivity contribution in [3.05, 3.63) is 47.0 Å². The van der Waals surface area contributed by atoms with Gasteiger partial charge in [0.1, 0.15) is 5.69 Å². The molecule has 2 aromatic rings. The van der Waals surface area contributed by atoms with E-state index in [9.17, 15) is 4.79 Å². The highest BCUT2D eigenvalue weighted by Crippen LogP contribution is 2.11. The number of Topliss-reactive ketones (excluding diaryl/α,β-unsaturated/α-hetero) is 1. The van der Waals surface area contributed by atoms with Crippen molar-refractivity contribution < 1.29 is 4.79 Å². The minimum Gasteiger partial charge on any atom is -0.292 e. The molecular formula is C15H19N3O. The molecule has 0 aliphatic carbocycles. The maximum Gasteiger partial charge on any atom is 0.187 e. The van der Waals surface area contributed by atoms with Crippen molar-refractivity contribution in [2.24, 2.45) is 0 Å². The van der Waals surface area contributed by atoms with Crippen LogP contribution in [0.25, 0.3) is 0 Å². The maximum absolute atomic E-state index is 12.2. The normalized spacial score (nSPS) is 11.0. The third-order valence-corrected chi connectivity index (χ3v) is 3.01. The SMILES string of the molecule is Cc1cnc(C(=O)Cc2ccn(C(C)C)n2)c(C)c1. The molecule has 19 heavy (non-hydrogen) atoms. The van der Waals surface area contributed by atoms with E-state index in [0.29, 0.717) is 18.2 Å². The Morgan fingerprint density at radius 1 is 1.37 bits per heavy atom. The number of rotatable bonds is 4. The standard InChI is InChI=1S/C15H19N3O/c1-10(2)18-6-5-13(17-18)8-14(19)15-12(4)7-11(3)9-16-15/h5-7,9-10H,8H2,1-4H3. The van der Waals surface area contributed by atoms with Gasteiger partial charge in [0.2, 0.25) is 0 Å². The molecule has 0 radical (unpaired) electrons. The molecule has 100 valence electrons. The summed E-state index contributed by atoms with van der Waals surface area (Å²) in [5, 5.41) is 4.39. The molecule has 0 atom stereocenters. The first kappa shape index (κ1) is 13.5. The highest BCUT2D eigenvalue weighted by atomic mass is 16.1. The number of ketones is 1. The van der Waals surface area contributed by atoms with Gasteiger partial charge in [-0.2, -0.15) is 5.10 Å². The van der Waals surface area contributed by atoms with Gasteiger partial charge in [0.15, 0.2) is 5.78 Å². The Kier molecular flexibility index (Phi) is 3.79. The fourth-order valence-corrected chi connectivity index (χ4v) is 2.01. The molecule has 0 aliphatic rings. The zero-order valence-electron chi connectivity index (χ0n) is 11.8. The molecule has 0 fully saturated rings. The lowest BCUT2D eigenvalue weighted by atomic mass is 10.1. The highest BCUT2D eigenvalue weighted by molar-refractivity contribution is 5.96. The van der Waals surface area contributed by atoms with Gasteiger partial charge >= 0.3 is 0 Å². The first-order valence-corrected chi connectivity index (χ1v) is 6.48. The van der Waals surface area contributed by atoms with Crippen molar-refractivity contribution in [1.82, 2.24) is 14.8 Å². The molecule has 2 heterocycles. The van der Waals surface area contributed by atoms with Crippen LogP contribution in [0.4, 0.5) is 0 Å². The fourth-order valence-electron chi connectivity index (χ4n) is 2.01. The molecule has 0 unspecified atom stereocenters. The van der Waals surface area contributed by atoms with Crippen molar-refractivity contribution >= 4 is 5.78 Å². The molecule has 2 aromatic heterocycles. The summed E-state index contributed by atoms with van der Waals surface area (Å²) in [5.41, 5.74) is 3.33. The van der Waals surface area contributed by atoms with E-state index >= 15 is 0 Å². The Morgan fingerprint density at radius 3 is 2.68 bits per heavy atom. The van der Waals surface area contributed by atoms with Crippen LogP contribution >= 0.6 is 0 Å². The summed E-state index contributed by atoms with van der Waals surface area (Å²) in [6.07, 6.45) is 3.94. The van der Waals surface area contributed by atoms with Gasteiger partial charge in [0.05, 0.1) is 12.1 Å². The van der Waals surface area contributed by atoms with Gasteiger partial charge in [-0.1, -0.05) is 6.07 Å². The molecule has 0 N–H and O–H groups in total. The second kappa shape index (κ2) is 5.34. The predicted molar refractivity (Wildman–Crippen MR) is 74.4 cm³/mol. The van der Waals surface area contributed by atoms with Crippen LogP contribution in [0.5, 0.6) is 0 Å². The smallest absolute Gasteiger partial charge is 0.187 e. The zero-order valence-corrected chi connectivity index (χ0v) is 11.8. The molecule has 0 bridgehead atoms. The quantitative estimate of drug-likeness (QED) is 0.791. The highest BCUT2D eigenvalue weighted by Gasteiger charge is 2.13. The summed E-state index contributed by atoms with van der Waals surface area (Å²) in [6.45, 7) is 8.01. The largest absolute Gasteiger partial charge is 0.292 e. The number of hydrogen-bond donors (Lipinski definition) is 0. The first-order chi connectivity index (χ1) is 8.97. The topological polar surface area (TPSA) is 47.8 Å². The van der Waals surface area contributed by atoms with Crippen LogP contribution in [-0.2, 0) is 6.42 Å². The summed E-state index contributed by atoms with van der Waals surface area (Å²) in [4.78, 5) is 16.4. The minimum absolute atomic E-state index is 0.0199. The fraction of sp³-hybridized carbons (Fsp3) is 0.400. The van der Waals surface area contributed by atoms with Gasteiger partial charge in [-0.3, -0.25) is 14.5 Å². The van der Waals surface area contributed by atoms with E-state index in [0.717, 1.165) is 16.8 Å². The van der Waals surface area contributed by atoms with Crippen LogP contribution in [0.15, 0.2) is 24.5 Å². The van der Waals surface area contributed by atoms with Crippen LogP contribution in [0, 0.1) is 13.8 Å². The Hall–Kier alpha value is -1.97. The second-order valence-electron chi connectivity index (χ2n) is 5.16. The van der Waals surface area contributed by atoms with Crippen LogP contribution in [-0.4, -0.2) is 20.5 Å². The van der Waals surface area contributed by atoms with Crippen molar-refractivity contribution in [2.75, 3.05) is 0 Å². The Labute approximate surface area is 113 Å².